The van der Waals surface area contributed by atoms with Crippen molar-refractivity contribution in [3.05, 3.63) is 82.9 Å². The molecule has 2 saturated heterocycles. The molecular formula is C34H42ClN5O3. The van der Waals surface area contributed by atoms with Gasteiger partial charge in [-0.15, -0.1) is 0 Å². The summed E-state index contributed by atoms with van der Waals surface area (Å²) >= 11 is 6.12. The molecule has 2 fully saturated rings. The van der Waals surface area contributed by atoms with Crippen molar-refractivity contribution < 1.29 is 14.3 Å². The molecule has 0 unspecified atom stereocenters. The third-order valence-electron chi connectivity index (χ3n) is 8.42. The van der Waals surface area contributed by atoms with Crippen LogP contribution in [0.25, 0.3) is 0 Å². The average molecular weight is 604 g/mol. The van der Waals surface area contributed by atoms with Gasteiger partial charge in [0.1, 0.15) is 5.75 Å². The number of nitrogens with one attached hydrogen (secondary N) is 2. The van der Waals surface area contributed by atoms with Gasteiger partial charge in [0.25, 0.3) is 11.8 Å². The van der Waals surface area contributed by atoms with Crippen molar-refractivity contribution >= 4 is 40.5 Å². The van der Waals surface area contributed by atoms with E-state index in [1.165, 1.54) is 25.8 Å². The molecule has 0 radical (unpaired) electrons. The van der Waals surface area contributed by atoms with Crippen molar-refractivity contribution in [1.82, 2.24) is 9.80 Å². The molecule has 228 valence electrons. The summed E-state index contributed by atoms with van der Waals surface area (Å²) in [6, 6.07) is 20.4. The van der Waals surface area contributed by atoms with Gasteiger partial charge in [0.15, 0.2) is 0 Å². The number of likely N-dealkylation sites (tertiary alicyclic amines) is 1. The SMILES string of the molecule is CCN1CCCC[C@H]1CCOc1ccc(NC(=O)c2ccc(N3CCN(C)CC3)c(NC(=O)c3cccc(Cl)c3)c2)cc1. The normalized spacial score (nSPS) is 17.8. The number of amides is 2. The molecule has 5 rings (SSSR count). The molecule has 8 nitrogen and oxygen atoms in total. The van der Waals surface area contributed by atoms with Crippen molar-refractivity contribution in [2.24, 2.45) is 0 Å². The van der Waals surface area contributed by atoms with E-state index in [1.54, 1.807) is 36.4 Å². The summed E-state index contributed by atoms with van der Waals surface area (Å²) in [7, 11) is 2.10. The van der Waals surface area contributed by atoms with E-state index in [1.807, 2.05) is 30.3 Å². The van der Waals surface area contributed by atoms with Crippen molar-refractivity contribution in [2.45, 2.75) is 38.6 Å². The maximum atomic E-state index is 13.3. The van der Waals surface area contributed by atoms with Crippen molar-refractivity contribution in [3.63, 3.8) is 0 Å². The number of carbonyl (C=O) groups is 2. The zero-order valence-electron chi connectivity index (χ0n) is 25.2. The topological polar surface area (TPSA) is 77.2 Å². The fourth-order valence-electron chi connectivity index (χ4n) is 5.88. The minimum absolute atomic E-state index is 0.256. The predicted molar refractivity (Wildman–Crippen MR) is 175 cm³/mol. The van der Waals surface area contributed by atoms with Gasteiger partial charge in [0, 0.05) is 54.1 Å². The van der Waals surface area contributed by atoms with Crippen LogP contribution in [0, 0.1) is 0 Å². The highest BCUT2D eigenvalue weighted by molar-refractivity contribution is 6.31. The third-order valence-corrected chi connectivity index (χ3v) is 8.66. The van der Waals surface area contributed by atoms with Crippen LogP contribution in [0.2, 0.25) is 5.02 Å². The number of halogens is 1. The van der Waals surface area contributed by atoms with Crippen LogP contribution in [0.4, 0.5) is 17.1 Å². The number of rotatable bonds is 10. The first-order valence-corrected chi connectivity index (χ1v) is 15.7. The van der Waals surface area contributed by atoms with E-state index in [4.69, 9.17) is 16.3 Å². The molecule has 9 heteroatoms. The van der Waals surface area contributed by atoms with Gasteiger partial charge < -0.3 is 30.1 Å². The molecule has 43 heavy (non-hydrogen) atoms. The van der Waals surface area contributed by atoms with Gasteiger partial charge in [-0.1, -0.05) is 31.0 Å². The molecule has 2 N–H and O–H groups in total. The molecule has 0 aromatic heterocycles. The van der Waals surface area contributed by atoms with Gasteiger partial charge in [-0.2, -0.15) is 0 Å². The van der Waals surface area contributed by atoms with Gasteiger partial charge in [-0.05, 0) is 100 Å². The zero-order valence-corrected chi connectivity index (χ0v) is 25.9. The Morgan fingerprint density at radius 3 is 2.37 bits per heavy atom. The number of hydrogen-bond donors (Lipinski definition) is 2. The maximum absolute atomic E-state index is 13.3. The Morgan fingerprint density at radius 2 is 1.63 bits per heavy atom. The Kier molecular flexibility index (Phi) is 10.6. The molecule has 0 aliphatic carbocycles. The van der Waals surface area contributed by atoms with Crippen LogP contribution < -0.4 is 20.3 Å². The number of piperazine rings is 1. The van der Waals surface area contributed by atoms with E-state index in [0.29, 0.717) is 40.2 Å². The highest BCUT2D eigenvalue weighted by atomic mass is 35.5. The number of likely N-dealkylation sites (N-methyl/N-ethyl adjacent to an activating group) is 1. The Bertz CT molecular complexity index is 1390. The number of nitrogens with zero attached hydrogens (tertiary/aromatic N) is 3. The van der Waals surface area contributed by atoms with E-state index >= 15 is 0 Å². The molecule has 2 aliphatic rings. The monoisotopic (exact) mass is 603 g/mol. The van der Waals surface area contributed by atoms with Gasteiger partial charge in [-0.25, -0.2) is 0 Å². The van der Waals surface area contributed by atoms with Crippen LogP contribution in [-0.4, -0.2) is 80.6 Å². The van der Waals surface area contributed by atoms with E-state index in [-0.39, 0.29) is 11.8 Å². The second-order valence-corrected chi connectivity index (χ2v) is 11.8. The summed E-state index contributed by atoms with van der Waals surface area (Å²) in [5.41, 5.74) is 3.06. The second-order valence-electron chi connectivity index (χ2n) is 11.4. The van der Waals surface area contributed by atoms with Gasteiger partial charge >= 0.3 is 0 Å². The molecular weight excluding hydrogens is 562 g/mol. The Labute approximate surface area is 259 Å². The first-order chi connectivity index (χ1) is 20.9. The summed E-state index contributed by atoms with van der Waals surface area (Å²) in [4.78, 5) is 33.5. The lowest BCUT2D eigenvalue weighted by atomic mass is 10.00. The lowest BCUT2D eigenvalue weighted by Crippen LogP contribution is -2.44. The number of benzene rings is 3. The number of piperidine rings is 1. The number of anilines is 3. The lowest BCUT2D eigenvalue weighted by Gasteiger charge is -2.35. The van der Waals surface area contributed by atoms with Gasteiger partial charge in [0.2, 0.25) is 0 Å². The van der Waals surface area contributed by atoms with Crippen LogP contribution in [0.5, 0.6) is 5.75 Å². The number of carbonyl (C=O) groups excluding carboxylic acids is 2. The first-order valence-electron chi connectivity index (χ1n) is 15.3. The van der Waals surface area contributed by atoms with Crippen molar-refractivity contribution in [2.75, 3.05) is 68.5 Å². The van der Waals surface area contributed by atoms with E-state index in [9.17, 15) is 9.59 Å². The Hall–Kier alpha value is -3.59. The second kappa shape index (κ2) is 14.7. The van der Waals surface area contributed by atoms with Crippen molar-refractivity contribution in [3.8, 4) is 5.75 Å². The van der Waals surface area contributed by atoms with Crippen molar-refractivity contribution in [1.29, 1.82) is 0 Å². The quantitative estimate of drug-likeness (QED) is 0.286. The summed E-state index contributed by atoms with van der Waals surface area (Å²) in [5.74, 6) is 0.255. The molecule has 3 aromatic rings. The first kappa shape index (κ1) is 30.9. The fraction of sp³-hybridized carbons (Fsp3) is 0.412. The van der Waals surface area contributed by atoms with E-state index in [0.717, 1.165) is 50.6 Å². The average Bonchev–Trinajstić information content (AvgIpc) is 3.02. The van der Waals surface area contributed by atoms with Crippen LogP contribution in [0.1, 0.15) is 53.3 Å². The zero-order chi connectivity index (χ0) is 30.2. The van der Waals surface area contributed by atoms with Gasteiger partial charge in [-0.3, -0.25) is 9.59 Å². The highest BCUT2D eigenvalue weighted by Gasteiger charge is 2.22. The standard InChI is InChI=1S/C34H42ClN5O3/c1-3-39-17-5-4-9-29(39)16-22-43-30-13-11-28(12-14-30)36-33(41)26-10-15-32(40-20-18-38(2)19-21-40)31(24-26)37-34(42)25-7-6-8-27(35)23-25/h6-8,10-15,23-24,29H,3-5,9,16-22H2,1-2H3,(H,36,41)(H,37,42)/t29-/m0/s1. The molecule has 2 amide bonds. The van der Waals surface area contributed by atoms with E-state index < -0.39 is 0 Å². The molecule has 0 bridgehead atoms. The van der Waals surface area contributed by atoms with Crippen LogP contribution in [0.15, 0.2) is 66.7 Å². The largest absolute Gasteiger partial charge is 0.494 e. The van der Waals surface area contributed by atoms with Crippen LogP contribution in [-0.2, 0) is 0 Å². The molecule has 3 aromatic carbocycles. The minimum atomic E-state index is -0.281. The molecule has 2 heterocycles. The smallest absolute Gasteiger partial charge is 0.255 e. The summed E-state index contributed by atoms with van der Waals surface area (Å²) in [6.45, 7) is 8.67. The van der Waals surface area contributed by atoms with Gasteiger partial charge in [0.05, 0.1) is 18.0 Å². The molecule has 2 aliphatic heterocycles. The lowest BCUT2D eigenvalue weighted by molar-refractivity contribution is 0.101. The Balaban J connectivity index is 1.24. The van der Waals surface area contributed by atoms with Crippen LogP contribution >= 0.6 is 11.6 Å². The minimum Gasteiger partial charge on any atom is -0.494 e. The Morgan fingerprint density at radius 1 is 0.884 bits per heavy atom. The summed E-state index contributed by atoms with van der Waals surface area (Å²) in [6.07, 6.45) is 4.85. The summed E-state index contributed by atoms with van der Waals surface area (Å²) < 4.78 is 6.02. The highest BCUT2D eigenvalue weighted by Crippen LogP contribution is 2.30. The maximum Gasteiger partial charge on any atom is 0.255 e. The molecule has 0 saturated carbocycles. The third kappa shape index (κ3) is 8.28. The molecule has 0 spiro atoms. The fourth-order valence-corrected chi connectivity index (χ4v) is 6.07. The summed E-state index contributed by atoms with van der Waals surface area (Å²) in [5, 5.41) is 6.50. The predicted octanol–water partition coefficient (Wildman–Crippen LogP) is 6.24. The number of hydrogen-bond acceptors (Lipinski definition) is 6. The molecule has 1 atom stereocenters. The van der Waals surface area contributed by atoms with Crippen LogP contribution in [0.3, 0.4) is 0 Å². The number of ether oxygens (including phenoxy) is 1. The van der Waals surface area contributed by atoms with E-state index in [2.05, 4.69) is 39.3 Å².